The number of unbranched alkanes of at least 4 members (excludes halogenated alkanes) is 34. The highest BCUT2D eigenvalue weighted by atomic mass is 31.2. The number of aliphatic hydroxyl groups is 1. The summed E-state index contributed by atoms with van der Waals surface area (Å²) in [6.45, 7) is 14.1. The Hall–Kier alpha value is -1.94. The SMILES string of the molecule is CCC(C)CCCCCCCCCCCCC(=O)O[C@H](COC(=O)CCCCCCCCCCCCCCC(C)C)COP(=O)(O)OCC(O)COP(=O)(O)OC[C@@H](COC(=O)CCCCCCCCCCC(C)C)OC(=O)CCCCCCCCCCC(C)C. The molecular weight excluding hydrogens is 1200 g/mol. The molecule has 0 aromatic carbocycles. The molecule has 0 aliphatic heterocycles. The van der Waals surface area contributed by atoms with E-state index >= 15 is 0 Å². The normalized spacial score (nSPS) is 14.5. The third kappa shape index (κ3) is 65.1. The molecule has 0 saturated heterocycles. The van der Waals surface area contributed by atoms with Gasteiger partial charge in [-0.3, -0.25) is 37.3 Å². The maximum absolute atomic E-state index is 13.0. The van der Waals surface area contributed by atoms with Crippen molar-refractivity contribution in [2.45, 2.75) is 375 Å². The van der Waals surface area contributed by atoms with Gasteiger partial charge in [0.25, 0.3) is 0 Å². The molecule has 540 valence electrons. The molecule has 4 unspecified atom stereocenters. The van der Waals surface area contributed by atoms with Gasteiger partial charge in [0.15, 0.2) is 12.2 Å². The highest BCUT2D eigenvalue weighted by Crippen LogP contribution is 2.45. The van der Waals surface area contributed by atoms with Gasteiger partial charge >= 0.3 is 39.5 Å². The summed E-state index contributed by atoms with van der Waals surface area (Å²) in [5.41, 5.74) is 0. The van der Waals surface area contributed by atoms with Gasteiger partial charge in [-0.05, 0) is 49.4 Å². The van der Waals surface area contributed by atoms with E-state index in [-0.39, 0.29) is 25.7 Å². The van der Waals surface area contributed by atoms with Crippen LogP contribution in [0.25, 0.3) is 0 Å². The fourth-order valence-corrected chi connectivity index (χ4v) is 12.4. The molecule has 91 heavy (non-hydrogen) atoms. The van der Waals surface area contributed by atoms with Gasteiger partial charge in [-0.2, -0.15) is 0 Å². The summed E-state index contributed by atoms with van der Waals surface area (Å²) in [7, 11) is -9.91. The molecule has 0 fully saturated rings. The lowest BCUT2D eigenvalue weighted by atomic mass is 9.99. The molecule has 0 bridgehead atoms. The van der Waals surface area contributed by atoms with Crippen molar-refractivity contribution in [3.05, 3.63) is 0 Å². The van der Waals surface area contributed by atoms with Gasteiger partial charge in [-0.15, -0.1) is 0 Å². The number of hydrogen-bond donors (Lipinski definition) is 3. The number of rotatable bonds is 69. The van der Waals surface area contributed by atoms with Crippen LogP contribution in [0.15, 0.2) is 0 Å². The van der Waals surface area contributed by atoms with E-state index in [2.05, 4.69) is 55.4 Å². The third-order valence-electron chi connectivity index (χ3n) is 16.9. The van der Waals surface area contributed by atoms with E-state index in [1.54, 1.807) is 0 Å². The molecule has 0 aromatic rings. The lowest BCUT2D eigenvalue weighted by Gasteiger charge is -2.21. The van der Waals surface area contributed by atoms with Gasteiger partial charge in [0.1, 0.15) is 19.3 Å². The second-order valence-corrected chi connectivity index (χ2v) is 30.6. The quantitative estimate of drug-likeness (QED) is 0.0222. The zero-order chi connectivity index (χ0) is 67.5. The van der Waals surface area contributed by atoms with Crippen molar-refractivity contribution in [3.63, 3.8) is 0 Å². The summed E-state index contributed by atoms with van der Waals surface area (Å²) in [6.07, 6.45) is 44.4. The molecule has 0 radical (unpaired) electrons. The Balaban J connectivity index is 5.26. The first-order valence-electron chi connectivity index (χ1n) is 37.2. The van der Waals surface area contributed by atoms with Gasteiger partial charge in [-0.25, -0.2) is 9.13 Å². The summed E-state index contributed by atoms with van der Waals surface area (Å²) in [5.74, 6) is 0.902. The van der Waals surface area contributed by atoms with Crippen LogP contribution in [0.3, 0.4) is 0 Å². The number of hydrogen-bond acceptors (Lipinski definition) is 15. The van der Waals surface area contributed by atoms with Crippen molar-refractivity contribution >= 4 is 39.5 Å². The average molecular weight is 1340 g/mol. The fourth-order valence-electron chi connectivity index (χ4n) is 10.8. The smallest absolute Gasteiger partial charge is 0.462 e. The molecule has 3 N–H and O–H groups in total. The van der Waals surface area contributed by atoms with Crippen molar-refractivity contribution in [2.24, 2.45) is 23.7 Å². The first-order valence-corrected chi connectivity index (χ1v) is 40.2. The van der Waals surface area contributed by atoms with Crippen molar-refractivity contribution in [1.82, 2.24) is 0 Å². The Morgan fingerprint density at radius 1 is 0.308 bits per heavy atom. The minimum absolute atomic E-state index is 0.103. The van der Waals surface area contributed by atoms with Crippen LogP contribution in [0.4, 0.5) is 0 Å². The lowest BCUT2D eigenvalue weighted by Crippen LogP contribution is -2.30. The predicted octanol–water partition coefficient (Wildman–Crippen LogP) is 20.5. The van der Waals surface area contributed by atoms with Gasteiger partial charge in [0, 0.05) is 25.7 Å². The van der Waals surface area contributed by atoms with Gasteiger partial charge in [-0.1, -0.05) is 306 Å². The van der Waals surface area contributed by atoms with Crippen molar-refractivity contribution in [3.8, 4) is 0 Å². The minimum atomic E-state index is -4.95. The number of phosphoric ester groups is 2. The molecule has 17 nitrogen and oxygen atoms in total. The van der Waals surface area contributed by atoms with E-state index < -0.39 is 97.5 Å². The van der Waals surface area contributed by atoms with Crippen LogP contribution in [0.2, 0.25) is 0 Å². The summed E-state index contributed by atoms with van der Waals surface area (Å²) < 4.78 is 68.4. The summed E-state index contributed by atoms with van der Waals surface area (Å²) >= 11 is 0. The Labute approximate surface area is 556 Å². The summed E-state index contributed by atoms with van der Waals surface area (Å²) in [5, 5.41) is 10.6. The summed E-state index contributed by atoms with van der Waals surface area (Å²) in [6, 6.07) is 0. The highest BCUT2D eigenvalue weighted by molar-refractivity contribution is 7.47. The molecule has 19 heteroatoms. The molecule has 0 aliphatic carbocycles. The molecule has 6 atom stereocenters. The first-order chi connectivity index (χ1) is 43.6. The zero-order valence-corrected chi connectivity index (χ0v) is 61.3. The molecule has 0 saturated carbocycles. The number of carbonyl (C=O) groups excluding carboxylic acids is 4. The zero-order valence-electron chi connectivity index (χ0n) is 59.5. The van der Waals surface area contributed by atoms with Crippen molar-refractivity contribution in [1.29, 1.82) is 0 Å². The molecule has 0 spiro atoms. The Bertz CT molecular complexity index is 1800. The van der Waals surface area contributed by atoms with E-state index in [0.29, 0.717) is 25.7 Å². The van der Waals surface area contributed by atoms with E-state index in [4.69, 9.17) is 37.0 Å². The van der Waals surface area contributed by atoms with Crippen LogP contribution in [0.1, 0.15) is 357 Å². The van der Waals surface area contributed by atoms with Crippen LogP contribution in [0, 0.1) is 23.7 Å². The molecule has 0 rings (SSSR count). The number of aliphatic hydroxyl groups excluding tert-OH is 1. The third-order valence-corrected chi connectivity index (χ3v) is 18.8. The second kappa shape index (κ2) is 61.6. The van der Waals surface area contributed by atoms with Crippen LogP contribution < -0.4 is 0 Å². The lowest BCUT2D eigenvalue weighted by molar-refractivity contribution is -0.161. The standard InChI is InChI=1S/C72H140O17P2/c1-9-65(8)51-43-35-27-17-14-15-19-30-38-46-54-71(76)88-67(58-82-69(74)52-44-36-28-18-13-11-10-12-16-24-32-40-48-62(2)3)60-86-90(78,79)84-56-66(73)57-85-91(80,81)87-61-68(89-72(77)55-47-39-31-23-21-26-34-42-50-64(6)7)59-83-70(75)53-45-37-29-22-20-25-33-41-49-63(4)5/h62-68,73H,9-61H2,1-8H3,(H,78,79)(H,80,81)/t65?,66?,67-,68-/m1/s1. The molecule has 0 amide bonds. The number of esters is 4. The maximum Gasteiger partial charge on any atom is 0.472 e. The van der Waals surface area contributed by atoms with Gasteiger partial charge in [0.2, 0.25) is 0 Å². The topological polar surface area (TPSA) is 237 Å². The Morgan fingerprint density at radius 2 is 0.527 bits per heavy atom. The number of ether oxygens (including phenoxy) is 4. The Kier molecular flexibility index (Phi) is 60.3. The fraction of sp³-hybridized carbons (Fsp3) is 0.944. The van der Waals surface area contributed by atoms with Crippen LogP contribution in [-0.2, 0) is 65.4 Å². The van der Waals surface area contributed by atoms with E-state index in [9.17, 15) is 43.2 Å². The second-order valence-electron chi connectivity index (χ2n) is 27.6. The largest absolute Gasteiger partial charge is 0.472 e. The minimum Gasteiger partial charge on any atom is -0.462 e. The maximum atomic E-state index is 13.0. The predicted molar refractivity (Wildman–Crippen MR) is 367 cm³/mol. The van der Waals surface area contributed by atoms with E-state index in [0.717, 1.165) is 114 Å². The van der Waals surface area contributed by atoms with E-state index in [1.807, 2.05) is 0 Å². The molecular formula is C72H140O17P2. The highest BCUT2D eigenvalue weighted by Gasteiger charge is 2.30. The average Bonchev–Trinajstić information content (AvgIpc) is 2.58. The van der Waals surface area contributed by atoms with E-state index in [1.165, 1.54) is 161 Å². The number of phosphoric acid groups is 2. The van der Waals surface area contributed by atoms with Crippen LogP contribution in [-0.4, -0.2) is 96.7 Å². The number of carbonyl (C=O) groups is 4. The van der Waals surface area contributed by atoms with Crippen LogP contribution >= 0.6 is 15.6 Å². The van der Waals surface area contributed by atoms with Crippen LogP contribution in [0.5, 0.6) is 0 Å². The molecule has 0 aromatic heterocycles. The van der Waals surface area contributed by atoms with Crippen molar-refractivity contribution < 1.29 is 80.2 Å². The first kappa shape index (κ1) is 89.1. The Morgan fingerprint density at radius 3 is 0.780 bits per heavy atom. The van der Waals surface area contributed by atoms with Gasteiger partial charge < -0.3 is 33.8 Å². The molecule has 0 heterocycles. The van der Waals surface area contributed by atoms with Gasteiger partial charge in [0.05, 0.1) is 26.4 Å². The monoisotopic (exact) mass is 1340 g/mol. The summed E-state index contributed by atoms with van der Waals surface area (Å²) in [4.78, 5) is 72.6. The van der Waals surface area contributed by atoms with Crippen molar-refractivity contribution in [2.75, 3.05) is 39.6 Å². The molecule has 0 aliphatic rings.